The van der Waals surface area contributed by atoms with Crippen molar-refractivity contribution in [1.82, 2.24) is 14.9 Å². The number of aromatic nitrogens is 2. The fourth-order valence-electron chi connectivity index (χ4n) is 2.26. The Morgan fingerprint density at radius 1 is 1.20 bits per heavy atom. The zero-order valence-corrected chi connectivity index (χ0v) is 15.2. The fourth-order valence-corrected chi connectivity index (χ4v) is 2.26. The van der Waals surface area contributed by atoms with Gasteiger partial charge in [0.2, 0.25) is 5.95 Å². The van der Waals surface area contributed by atoms with E-state index in [1.54, 1.807) is 24.3 Å². The average Bonchev–Trinajstić information content (AvgIpc) is 2.58. The summed E-state index contributed by atoms with van der Waals surface area (Å²) in [5.41, 5.74) is 2.18. The van der Waals surface area contributed by atoms with Crippen LogP contribution in [0.2, 0.25) is 0 Å². The van der Waals surface area contributed by atoms with Crippen LogP contribution in [-0.2, 0) is 4.74 Å². The molecule has 0 spiro atoms. The standard InChI is InChI=1S/C18H25N5O2/c1-13-12-16(19-10-5-11-23(2)3)22-18(20-13)21-15-8-6-14(7-9-15)17(24)25-4/h6-9,12H,5,10-11H2,1-4H3,(H2,19,20,21,22). The van der Waals surface area contributed by atoms with Crippen LogP contribution in [0.3, 0.4) is 0 Å². The Labute approximate surface area is 148 Å². The summed E-state index contributed by atoms with van der Waals surface area (Å²) < 4.78 is 4.69. The summed E-state index contributed by atoms with van der Waals surface area (Å²) in [6, 6.07) is 8.90. The van der Waals surface area contributed by atoms with Crippen molar-refractivity contribution < 1.29 is 9.53 Å². The third-order valence-electron chi connectivity index (χ3n) is 3.50. The summed E-state index contributed by atoms with van der Waals surface area (Å²) >= 11 is 0. The van der Waals surface area contributed by atoms with Gasteiger partial charge in [0.1, 0.15) is 5.82 Å². The van der Waals surface area contributed by atoms with E-state index in [1.165, 1.54) is 7.11 Å². The first-order valence-corrected chi connectivity index (χ1v) is 8.17. The first-order chi connectivity index (χ1) is 12.0. The van der Waals surface area contributed by atoms with Gasteiger partial charge < -0.3 is 20.3 Å². The van der Waals surface area contributed by atoms with Gasteiger partial charge in [0, 0.05) is 24.0 Å². The number of nitrogens with zero attached hydrogens (tertiary/aromatic N) is 3. The van der Waals surface area contributed by atoms with E-state index in [0.29, 0.717) is 11.5 Å². The highest BCUT2D eigenvalue weighted by Crippen LogP contribution is 2.17. The molecule has 2 aromatic rings. The molecule has 7 nitrogen and oxygen atoms in total. The lowest BCUT2D eigenvalue weighted by molar-refractivity contribution is 0.0601. The van der Waals surface area contributed by atoms with Crippen molar-refractivity contribution in [2.75, 3.05) is 44.9 Å². The van der Waals surface area contributed by atoms with Gasteiger partial charge in [-0.25, -0.2) is 9.78 Å². The summed E-state index contributed by atoms with van der Waals surface area (Å²) in [7, 11) is 5.48. The van der Waals surface area contributed by atoms with Gasteiger partial charge in [0.05, 0.1) is 12.7 Å². The molecule has 1 aromatic heterocycles. The molecule has 2 rings (SSSR count). The van der Waals surface area contributed by atoms with Crippen molar-refractivity contribution in [2.24, 2.45) is 0 Å². The molecule has 0 amide bonds. The van der Waals surface area contributed by atoms with Crippen molar-refractivity contribution in [3.8, 4) is 0 Å². The predicted octanol–water partition coefficient (Wildman–Crippen LogP) is 2.68. The maximum absolute atomic E-state index is 11.5. The maximum atomic E-state index is 11.5. The van der Waals surface area contributed by atoms with Crippen molar-refractivity contribution in [2.45, 2.75) is 13.3 Å². The Hall–Kier alpha value is -2.67. The van der Waals surface area contributed by atoms with Gasteiger partial charge >= 0.3 is 5.97 Å². The van der Waals surface area contributed by atoms with Crippen LogP contribution in [0.4, 0.5) is 17.5 Å². The highest BCUT2D eigenvalue weighted by Gasteiger charge is 2.06. The topological polar surface area (TPSA) is 79.4 Å². The van der Waals surface area contributed by atoms with Crippen LogP contribution >= 0.6 is 0 Å². The SMILES string of the molecule is COC(=O)c1ccc(Nc2nc(C)cc(NCCCN(C)C)n2)cc1. The molecule has 2 N–H and O–H groups in total. The lowest BCUT2D eigenvalue weighted by Crippen LogP contribution is -2.16. The third-order valence-corrected chi connectivity index (χ3v) is 3.50. The van der Waals surface area contributed by atoms with Crippen LogP contribution in [0.1, 0.15) is 22.5 Å². The Morgan fingerprint density at radius 2 is 1.92 bits per heavy atom. The quantitative estimate of drug-likeness (QED) is 0.563. The molecule has 0 fully saturated rings. The highest BCUT2D eigenvalue weighted by molar-refractivity contribution is 5.89. The number of aryl methyl sites for hydroxylation is 1. The summed E-state index contributed by atoms with van der Waals surface area (Å²) in [5, 5.41) is 6.48. The molecule has 0 aliphatic rings. The van der Waals surface area contributed by atoms with Gasteiger partial charge in [-0.2, -0.15) is 4.98 Å². The molecule has 0 saturated carbocycles. The number of ether oxygens (including phenoxy) is 1. The van der Waals surface area contributed by atoms with E-state index in [1.807, 2.05) is 13.0 Å². The summed E-state index contributed by atoms with van der Waals surface area (Å²) in [5.74, 6) is 0.948. The lowest BCUT2D eigenvalue weighted by atomic mass is 10.2. The Bertz CT molecular complexity index is 701. The number of benzene rings is 1. The molecule has 25 heavy (non-hydrogen) atoms. The Kier molecular flexibility index (Phi) is 6.71. The van der Waals surface area contributed by atoms with Crippen molar-refractivity contribution in [3.63, 3.8) is 0 Å². The van der Waals surface area contributed by atoms with Gasteiger partial charge in [-0.1, -0.05) is 0 Å². The van der Waals surface area contributed by atoms with Gasteiger partial charge in [-0.15, -0.1) is 0 Å². The van der Waals surface area contributed by atoms with Crippen molar-refractivity contribution in [3.05, 3.63) is 41.6 Å². The van der Waals surface area contributed by atoms with Crippen LogP contribution in [-0.4, -0.2) is 55.1 Å². The van der Waals surface area contributed by atoms with E-state index in [4.69, 9.17) is 4.74 Å². The van der Waals surface area contributed by atoms with E-state index in [0.717, 1.165) is 36.7 Å². The Morgan fingerprint density at radius 3 is 2.56 bits per heavy atom. The van der Waals surface area contributed by atoms with Gasteiger partial charge in [-0.3, -0.25) is 0 Å². The first-order valence-electron chi connectivity index (χ1n) is 8.17. The minimum Gasteiger partial charge on any atom is -0.465 e. The fraction of sp³-hybridized carbons (Fsp3) is 0.389. The minimum atomic E-state index is -0.359. The van der Waals surface area contributed by atoms with Gasteiger partial charge in [0.25, 0.3) is 0 Å². The molecule has 0 aliphatic heterocycles. The molecule has 134 valence electrons. The molecular weight excluding hydrogens is 318 g/mol. The zero-order chi connectivity index (χ0) is 18.2. The molecule has 7 heteroatoms. The van der Waals surface area contributed by atoms with E-state index in [-0.39, 0.29) is 5.97 Å². The highest BCUT2D eigenvalue weighted by atomic mass is 16.5. The number of rotatable bonds is 8. The first kappa shape index (κ1) is 18.7. The maximum Gasteiger partial charge on any atom is 0.337 e. The normalized spacial score (nSPS) is 10.6. The van der Waals surface area contributed by atoms with Crippen LogP contribution in [0.25, 0.3) is 0 Å². The number of methoxy groups -OCH3 is 1. The minimum absolute atomic E-state index is 0.359. The molecule has 0 saturated heterocycles. The van der Waals surface area contributed by atoms with E-state index < -0.39 is 0 Å². The number of esters is 1. The summed E-state index contributed by atoms with van der Waals surface area (Å²) in [4.78, 5) is 22.5. The Balaban J connectivity index is 2.00. The van der Waals surface area contributed by atoms with E-state index in [9.17, 15) is 4.79 Å². The molecule has 0 aliphatic carbocycles. The van der Waals surface area contributed by atoms with Crippen LogP contribution in [0.15, 0.2) is 30.3 Å². The largest absolute Gasteiger partial charge is 0.465 e. The molecular formula is C18H25N5O2. The van der Waals surface area contributed by atoms with Crippen LogP contribution < -0.4 is 10.6 Å². The molecule has 1 heterocycles. The van der Waals surface area contributed by atoms with Crippen molar-refractivity contribution >= 4 is 23.4 Å². The molecule has 0 bridgehead atoms. The number of hydrogen-bond donors (Lipinski definition) is 2. The molecule has 0 atom stereocenters. The van der Waals surface area contributed by atoms with E-state index in [2.05, 4.69) is 39.6 Å². The van der Waals surface area contributed by atoms with E-state index >= 15 is 0 Å². The third kappa shape index (κ3) is 6.04. The smallest absolute Gasteiger partial charge is 0.337 e. The molecule has 1 aromatic carbocycles. The summed E-state index contributed by atoms with van der Waals surface area (Å²) in [6.45, 7) is 3.80. The number of nitrogens with one attached hydrogen (secondary N) is 2. The average molecular weight is 343 g/mol. The number of carbonyl (C=O) groups excluding carboxylic acids is 1. The van der Waals surface area contributed by atoms with Gasteiger partial charge in [-0.05, 0) is 58.3 Å². The second-order valence-corrected chi connectivity index (χ2v) is 6.00. The van der Waals surface area contributed by atoms with Crippen LogP contribution in [0, 0.1) is 6.92 Å². The van der Waals surface area contributed by atoms with Gasteiger partial charge in [0.15, 0.2) is 0 Å². The second kappa shape index (κ2) is 8.98. The molecule has 0 unspecified atom stereocenters. The number of anilines is 3. The zero-order valence-electron chi connectivity index (χ0n) is 15.2. The number of carbonyl (C=O) groups is 1. The monoisotopic (exact) mass is 343 g/mol. The molecule has 0 radical (unpaired) electrons. The second-order valence-electron chi connectivity index (χ2n) is 6.00. The number of hydrogen-bond acceptors (Lipinski definition) is 7. The summed E-state index contributed by atoms with van der Waals surface area (Å²) in [6.07, 6.45) is 1.04. The predicted molar refractivity (Wildman–Crippen MR) is 99.5 cm³/mol. The van der Waals surface area contributed by atoms with Crippen molar-refractivity contribution in [1.29, 1.82) is 0 Å². The lowest BCUT2D eigenvalue weighted by Gasteiger charge is -2.12. The van der Waals surface area contributed by atoms with Crippen LogP contribution in [0.5, 0.6) is 0 Å².